The molecule has 0 rings (SSSR count). The summed E-state index contributed by atoms with van der Waals surface area (Å²) in [6, 6.07) is 0. The first kappa shape index (κ1) is 12.6. The lowest BCUT2D eigenvalue weighted by Crippen LogP contribution is -2.36. The van der Waals surface area contributed by atoms with E-state index in [4.69, 9.17) is 14.2 Å². The first-order valence-corrected chi connectivity index (χ1v) is 4.60. The van der Waals surface area contributed by atoms with Crippen molar-refractivity contribution in [1.82, 2.24) is 0 Å². The summed E-state index contributed by atoms with van der Waals surface area (Å²) in [7, 11) is 0. The van der Waals surface area contributed by atoms with Gasteiger partial charge in [-0.2, -0.15) is 0 Å². The van der Waals surface area contributed by atoms with Crippen LogP contribution in [-0.4, -0.2) is 25.8 Å². The van der Waals surface area contributed by atoms with Crippen LogP contribution in [0.5, 0.6) is 0 Å². The minimum absolute atomic E-state index is 0.455. The van der Waals surface area contributed by atoms with E-state index < -0.39 is 5.97 Å². The molecule has 0 aromatic carbocycles. The van der Waals surface area contributed by atoms with Gasteiger partial charge in [-0.1, -0.05) is 12.2 Å². The summed E-state index contributed by atoms with van der Waals surface area (Å²) < 4.78 is 16.1. The highest BCUT2D eigenvalue weighted by Crippen LogP contribution is 2.15. The first-order valence-electron chi connectivity index (χ1n) is 4.60. The Balaban J connectivity index is 3.98. The second-order valence-corrected chi connectivity index (χ2v) is 2.97. The quantitative estimate of drug-likeness (QED) is 0.453. The van der Waals surface area contributed by atoms with Gasteiger partial charge in [0.2, 0.25) is 0 Å². The molecule has 13 heavy (non-hydrogen) atoms. The van der Waals surface area contributed by atoms with Crippen LogP contribution in [-0.2, 0) is 14.2 Å². The predicted molar refractivity (Wildman–Crippen MR) is 52.4 cm³/mol. The summed E-state index contributed by atoms with van der Waals surface area (Å²) >= 11 is 0. The van der Waals surface area contributed by atoms with E-state index in [9.17, 15) is 0 Å². The van der Waals surface area contributed by atoms with Gasteiger partial charge in [0, 0.05) is 20.1 Å². The van der Waals surface area contributed by atoms with Crippen molar-refractivity contribution in [2.45, 2.75) is 33.7 Å². The van der Waals surface area contributed by atoms with E-state index in [1.165, 1.54) is 0 Å². The van der Waals surface area contributed by atoms with Crippen molar-refractivity contribution in [3.05, 3.63) is 12.2 Å². The Morgan fingerprint density at radius 1 is 1.15 bits per heavy atom. The molecule has 78 valence electrons. The zero-order valence-electron chi connectivity index (χ0n) is 9.05. The Morgan fingerprint density at radius 2 is 1.62 bits per heavy atom. The summed E-state index contributed by atoms with van der Waals surface area (Å²) in [4.78, 5) is 0. The van der Waals surface area contributed by atoms with Crippen LogP contribution in [0.25, 0.3) is 0 Å². The van der Waals surface area contributed by atoms with Crippen molar-refractivity contribution in [3.8, 4) is 0 Å². The molecule has 0 amide bonds. The van der Waals surface area contributed by atoms with Gasteiger partial charge in [-0.15, -0.1) is 0 Å². The summed E-state index contributed by atoms with van der Waals surface area (Å²) in [6.45, 7) is 12.8. The van der Waals surface area contributed by atoms with Gasteiger partial charge in [-0.05, 0) is 20.8 Å². The average molecular weight is 188 g/mol. The summed E-state index contributed by atoms with van der Waals surface area (Å²) in [5.74, 6) is -0.928. The van der Waals surface area contributed by atoms with Crippen LogP contribution in [0.2, 0.25) is 0 Å². The maximum atomic E-state index is 5.43. The molecule has 0 radical (unpaired) electrons. The van der Waals surface area contributed by atoms with Crippen LogP contribution in [0, 0.1) is 0 Å². The molecule has 0 spiro atoms. The van der Waals surface area contributed by atoms with E-state index in [1.807, 2.05) is 20.8 Å². The molecular formula is C10H20O3. The molecule has 0 fully saturated rings. The van der Waals surface area contributed by atoms with Crippen LogP contribution in [0.15, 0.2) is 12.2 Å². The smallest absolute Gasteiger partial charge is 0.280 e. The zero-order chi connectivity index (χ0) is 10.3. The third-order valence-corrected chi connectivity index (χ3v) is 1.39. The van der Waals surface area contributed by atoms with Gasteiger partial charge in [0.05, 0.1) is 6.61 Å². The normalized spacial score (nSPS) is 11.7. The van der Waals surface area contributed by atoms with E-state index in [1.54, 1.807) is 6.92 Å². The lowest BCUT2D eigenvalue weighted by atomic mass is 10.4. The van der Waals surface area contributed by atoms with Gasteiger partial charge >= 0.3 is 0 Å². The molecule has 0 N–H and O–H groups in total. The zero-order valence-corrected chi connectivity index (χ0v) is 9.05. The highest BCUT2D eigenvalue weighted by molar-refractivity contribution is 4.87. The fourth-order valence-electron chi connectivity index (χ4n) is 0.904. The number of rotatable bonds is 7. The van der Waals surface area contributed by atoms with Crippen molar-refractivity contribution < 1.29 is 14.2 Å². The van der Waals surface area contributed by atoms with Crippen molar-refractivity contribution in [1.29, 1.82) is 0 Å². The molecule has 0 saturated heterocycles. The van der Waals surface area contributed by atoms with E-state index >= 15 is 0 Å². The molecule has 0 bridgehead atoms. The van der Waals surface area contributed by atoms with E-state index in [-0.39, 0.29) is 0 Å². The van der Waals surface area contributed by atoms with Gasteiger partial charge in [-0.3, -0.25) is 0 Å². The Hall–Kier alpha value is -0.380. The van der Waals surface area contributed by atoms with Crippen LogP contribution < -0.4 is 0 Å². The van der Waals surface area contributed by atoms with Crippen LogP contribution >= 0.6 is 0 Å². The second kappa shape index (κ2) is 6.13. The van der Waals surface area contributed by atoms with Gasteiger partial charge < -0.3 is 14.2 Å². The van der Waals surface area contributed by atoms with Crippen LogP contribution in [0.3, 0.4) is 0 Å². The highest BCUT2D eigenvalue weighted by atomic mass is 16.9. The summed E-state index contributed by atoms with van der Waals surface area (Å²) in [5.41, 5.74) is 0.950. The first-order chi connectivity index (χ1) is 6.04. The summed E-state index contributed by atoms with van der Waals surface area (Å²) in [5, 5.41) is 0. The van der Waals surface area contributed by atoms with Crippen molar-refractivity contribution in [3.63, 3.8) is 0 Å². The topological polar surface area (TPSA) is 27.7 Å². The summed E-state index contributed by atoms with van der Waals surface area (Å²) in [6.07, 6.45) is 0. The monoisotopic (exact) mass is 188 g/mol. The van der Waals surface area contributed by atoms with Crippen molar-refractivity contribution in [2.24, 2.45) is 0 Å². The standard InChI is InChI=1S/C10H20O3/c1-6-11-10(5,12-7-2)13-8-9(3)4/h3,6-8H2,1-2,4-5H3. The fourth-order valence-corrected chi connectivity index (χ4v) is 0.904. The van der Waals surface area contributed by atoms with E-state index in [0.29, 0.717) is 19.8 Å². The van der Waals surface area contributed by atoms with Crippen molar-refractivity contribution in [2.75, 3.05) is 19.8 Å². The maximum absolute atomic E-state index is 5.43. The number of ether oxygens (including phenoxy) is 3. The Morgan fingerprint density at radius 3 is 1.92 bits per heavy atom. The van der Waals surface area contributed by atoms with Gasteiger partial charge in [0.15, 0.2) is 0 Å². The molecule has 0 aromatic heterocycles. The third kappa shape index (κ3) is 5.80. The minimum atomic E-state index is -0.928. The average Bonchev–Trinajstić information content (AvgIpc) is 2.02. The lowest BCUT2D eigenvalue weighted by Gasteiger charge is -2.28. The van der Waals surface area contributed by atoms with Crippen molar-refractivity contribution >= 4 is 0 Å². The van der Waals surface area contributed by atoms with E-state index in [0.717, 1.165) is 5.57 Å². The Kier molecular flexibility index (Phi) is 5.95. The maximum Gasteiger partial charge on any atom is 0.280 e. The molecule has 3 nitrogen and oxygen atoms in total. The fraction of sp³-hybridized carbons (Fsp3) is 0.800. The molecule has 0 aliphatic rings. The Labute approximate surface area is 80.7 Å². The van der Waals surface area contributed by atoms with Crippen LogP contribution in [0.4, 0.5) is 0 Å². The van der Waals surface area contributed by atoms with Gasteiger partial charge in [-0.25, -0.2) is 0 Å². The van der Waals surface area contributed by atoms with Crippen LogP contribution in [0.1, 0.15) is 27.7 Å². The molecule has 3 heteroatoms. The molecule has 0 atom stereocenters. The predicted octanol–water partition coefficient (Wildman–Crippen LogP) is 2.33. The SMILES string of the molecule is C=C(C)COC(C)(OCC)OCC. The second-order valence-electron chi connectivity index (χ2n) is 2.97. The minimum Gasteiger partial charge on any atom is -0.328 e. The molecule has 0 aliphatic carbocycles. The highest BCUT2D eigenvalue weighted by Gasteiger charge is 2.25. The molecule has 0 aromatic rings. The molecule has 0 aliphatic heterocycles. The Bertz CT molecular complexity index is 148. The third-order valence-electron chi connectivity index (χ3n) is 1.39. The number of hydrogen-bond acceptors (Lipinski definition) is 3. The molecule has 0 unspecified atom stereocenters. The lowest BCUT2D eigenvalue weighted by molar-refractivity contribution is -0.364. The van der Waals surface area contributed by atoms with Gasteiger partial charge in [0.25, 0.3) is 5.97 Å². The largest absolute Gasteiger partial charge is 0.328 e. The molecule has 0 heterocycles. The molecular weight excluding hydrogens is 168 g/mol. The molecule has 0 saturated carbocycles. The van der Waals surface area contributed by atoms with Gasteiger partial charge in [0.1, 0.15) is 0 Å². The number of hydrogen-bond donors (Lipinski definition) is 0. The van der Waals surface area contributed by atoms with E-state index in [2.05, 4.69) is 6.58 Å².